The quantitative estimate of drug-likeness (QED) is 0.224. The first-order valence-electron chi connectivity index (χ1n) is 9.76. The third-order valence-corrected chi connectivity index (χ3v) is 4.23. The van der Waals surface area contributed by atoms with E-state index in [1.165, 1.54) is 7.11 Å². The molecule has 154 valence electrons. The van der Waals surface area contributed by atoms with Gasteiger partial charge in [-0.2, -0.15) is 0 Å². The minimum absolute atomic E-state index is 0.0494. The van der Waals surface area contributed by atoms with E-state index < -0.39 is 6.41 Å². The van der Waals surface area contributed by atoms with Crippen LogP contribution in [-0.2, 0) is 9.47 Å². The average Bonchev–Trinajstić information content (AvgIpc) is 2.62. The van der Waals surface area contributed by atoms with Crippen molar-refractivity contribution in [2.24, 2.45) is 11.7 Å². The number of allylic oxidation sites excluding steroid dienone is 6. The molecule has 6 heteroatoms. The monoisotopic (exact) mass is 379 g/mol. The van der Waals surface area contributed by atoms with Gasteiger partial charge in [0.25, 0.3) is 0 Å². The standard InChI is InChI=1S/C21H37N3O3/c1-5-6-7-8-20(15-16(2)23-17(3)22)27-14-13-18-9-11-19(12-10-18)24-21(25)26-4/h5-6,9,11-12,15-18,21,23-25H,7-8,10,13-14,22H2,1-4H3/b6-5-,20-15-/t16-,17-,18+,21+/m0/s1. The Kier molecular flexibility index (Phi) is 11.8. The molecule has 0 aromatic heterocycles. The summed E-state index contributed by atoms with van der Waals surface area (Å²) in [5.41, 5.74) is 6.68. The fraction of sp³-hybridized carbons (Fsp3) is 0.619. The van der Waals surface area contributed by atoms with E-state index in [1.54, 1.807) is 0 Å². The molecule has 0 saturated heterocycles. The Morgan fingerprint density at radius 2 is 2.22 bits per heavy atom. The summed E-state index contributed by atoms with van der Waals surface area (Å²) in [4.78, 5) is 0. The van der Waals surface area contributed by atoms with Crippen molar-refractivity contribution in [1.82, 2.24) is 10.6 Å². The first-order chi connectivity index (χ1) is 12.9. The third kappa shape index (κ3) is 11.0. The van der Waals surface area contributed by atoms with E-state index in [-0.39, 0.29) is 12.2 Å². The molecule has 0 amide bonds. The number of hydrogen-bond donors (Lipinski definition) is 4. The van der Waals surface area contributed by atoms with Crippen LogP contribution in [0.4, 0.5) is 0 Å². The van der Waals surface area contributed by atoms with Crippen molar-refractivity contribution < 1.29 is 14.6 Å². The van der Waals surface area contributed by atoms with Crippen LogP contribution >= 0.6 is 0 Å². The Balaban J connectivity index is 2.44. The maximum absolute atomic E-state index is 9.44. The van der Waals surface area contributed by atoms with Crippen molar-refractivity contribution in [2.75, 3.05) is 13.7 Å². The summed E-state index contributed by atoms with van der Waals surface area (Å²) in [6.07, 6.45) is 15.2. The van der Waals surface area contributed by atoms with Crippen LogP contribution < -0.4 is 16.4 Å². The summed E-state index contributed by atoms with van der Waals surface area (Å²) in [5.74, 6) is 1.45. The summed E-state index contributed by atoms with van der Waals surface area (Å²) in [6.45, 7) is 6.73. The molecule has 0 aliphatic heterocycles. The van der Waals surface area contributed by atoms with Crippen molar-refractivity contribution in [3.05, 3.63) is 47.9 Å². The molecule has 1 aliphatic rings. The minimum Gasteiger partial charge on any atom is -0.498 e. The van der Waals surface area contributed by atoms with Gasteiger partial charge >= 0.3 is 0 Å². The zero-order chi connectivity index (χ0) is 20.1. The highest BCUT2D eigenvalue weighted by atomic mass is 16.6. The predicted molar refractivity (Wildman–Crippen MR) is 110 cm³/mol. The summed E-state index contributed by atoms with van der Waals surface area (Å²) < 4.78 is 10.9. The first-order valence-corrected chi connectivity index (χ1v) is 9.76. The average molecular weight is 380 g/mol. The van der Waals surface area contributed by atoms with E-state index in [0.29, 0.717) is 12.5 Å². The fourth-order valence-electron chi connectivity index (χ4n) is 2.87. The fourth-order valence-corrected chi connectivity index (χ4v) is 2.87. The van der Waals surface area contributed by atoms with Gasteiger partial charge < -0.3 is 25.6 Å². The first kappa shape index (κ1) is 23.4. The normalized spacial score (nSPS) is 21.0. The maximum Gasteiger partial charge on any atom is 0.235 e. The van der Waals surface area contributed by atoms with Gasteiger partial charge in [-0.05, 0) is 58.1 Å². The van der Waals surface area contributed by atoms with Gasteiger partial charge in [-0.25, -0.2) is 0 Å². The van der Waals surface area contributed by atoms with Crippen LogP contribution in [0.25, 0.3) is 0 Å². The van der Waals surface area contributed by atoms with Gasteiger partial charge in [-0.15, -0.1) is 0 Å². The van der Waals surface area contributed by atoms with Gasteiger partial charge in [0.1, 0.15) is 0 Å². The molecule has 0 saturated carbocycles. The highest BCUT2D eigenvalue weighted by molar-refractivity contribution is 5.22. The van der Waals surface area contributed by atoms with E-state index in [9.17, 15) is 5.11 Å². The molecule has 0 aromatic rings. The zero-order valence-electron chi connectivity index (χ0n) is 17.2. The van der Waals surface area contributed by atoms with Gasteiger partial charge in [0.05, 0.1) is 18.5 Å². The molecule has 5 N–H and O–H groups in total. The van der Waals surface area contributed by atoms with E-state index in [2.05, 4.69) is 47.9 Å². The lowest BCUT2D eigenvalue weighted by Gasteiger charge is -2.20. The lowest BCUT2D eigenvalue weighted by Crippen LogP contribution is -2.39. The Morgan fingerprint density at radius 1 is 1.44 bits per heavy atom. The number of aliphatic hydroxyl groups is 1. The van der Waals surface area contributed by atoms with Crippen molar-refractivity contribution in [3.63, 3.8) is 0 Å². The predicted octanol–water partition coefficient (Wildman–Crippen LogP) is 2.89. The van der Waals surface area contributed by atoms with E-state index in [4.69, 9.17) is 15.2 Å². The van der Waals surface area contributed by atoms with Gasteiger partial charge in [0.2, 0.25) is 6.41 Å². The van der Waals surface area contributed by atoms with Crippen molar-refractivity contribution in [3.8, 4) is 0 Å². The van der Waals surface area contributed by atoms with E-state index in [0.717, 1.165) is 37.1 Å². The van der Waals surface area contributed by atoms with Crippen LogP contribution in [0, 0.1) is 5.92 Å². The van der Waals surface area contributed by atoms with Crippen LogP contribution in [0.15, 0.2) is 47.9 Å². The number of nitrogens with two attached hydrogens (primary N) is 1. The smallest absolute Gasteiger partial charge is 0.235 e. The topological polar surface area (TPSA) is 88.8 Å². The molecule has 0 bridgehead atoms. The molecular weight excluding hydrogens is 342 g/mol. The molecular formula is C21H37N3O3. The summed E-state index contributed by atoms with van der Waals surface area (Å²) in [7, 11) is 1.46. The number of methoxy groups -OCH3 is 1. The summed E-state index contributed by atoms with van der Waals surface area (Å²) in [5, 5.41) is 15.6. The Bertz CT molecular complexity index is 527. The molecule has 0 spiro atoms. The highest BCUT2D eigenvalue weighted by Crippen LogP contribution is 2.20. The molecule has 0 unspecified atom stereocenters. The van der Waals surface area contributed by atoms with E-state index in [1.807, 2.05) is 19.9 Å². The lowest BCUT2D eigenvalue weighted by atomic mass is 9.96. The molecule has 0 radical (unpaired) electrons. The molecule has 27 heavy (non-hydrogen) atoms. The van der Waals surface area contributed by atoms with Crippen LogP contribution in [0.3, 0.4) is 0 Å². The molecule has 0 fully saturated rings. The van der Waals surface area contributed by atoms with Gasteiger partial charge in [-0.1, -0.05) is 24.3 Å². The van der Waals surface area contributed by atoms with Crippen molar-refractivity contribution in [1.29, 1.82) is 0 Å². The second kappa shape index (κ2) is 13.6. The Labute approximate surface area is 164 Å². The van der Waals surface area contributed by atoms with Crippen LogP contribution in [0.1, 0.15) is 46.5 Å². The molecule has 6 nitrogen and oxygen atoms in total. The number of aliphatic hydroxyl groups excluding tert-OH is 1. The largest absolute Gasteiger partial charge is 0.498 e. The molecule has 0 aromatic carbocycles. The summed E-state index contributed by atoms with van der Waals surface area (Å²) >= 11 is 0. The molecule has 1 rings (SSSR count). The molecule has 0 heterocycles. The maximum atomic E-state index is 9.44. The number of ether oxygens (including phenoxy) is 2. The number of rotatable bonds is 13. The second-order valence-corrected chi connectivity index (χ2v) is 6.87. The number of hydrogen-bond acceptors (Lipinski definition) is 6. The third-order valence-electron chi connectivity index (χ3n) is 4.23. The SMILES string of the molecule is C/C=C\CC/C(=C/[C@H](C)N[C@@H](C)N)OCC[C@@H]1C=CC(N[C@H](O)OC)=CC1. The number of nitrogens with one attached hydrogen (secondary N) is 2. The van der Waals surface area contributed by atoms with Crippen molar-refractivity contribution in [2.45, 2.75) is 65.1 Å². The van der Waals surface area contributed by atoms with E-state index >= 15 is 0 Å². The van der Waals surface area contributed by atoms with Crippen LogP contribution in [-0.4, -0.2) is 37.4 Å². The summed E-state index contributed by atoms with van der Waals surface area (Å²) in [6, 6.07) is 0.170. The second-order valence-electron chi connectivity index (χ2n) is 6.87. The molecule has 4 atom stereocenters. The van der Waals surface area contributed by atoms with Crippen LogP contribution in [0.5, 0.6) is 0 Å². The van der Waals surface area contributed by atoms with Gasteiger partial charge in [0.15, 0.2) is 0 Å². The molecule has 1 aliphatic carbocycles. The zero-order valence-corrected chi connectivity index (χ0v) is 17.2. The van der Waals surface area contributed by atoms with Gasteiger partial charge in [-0.3, -0.25) is 5.32 Å². The minimum atomic E-state index is -0.975. The highest BCUT2D eigenvalue weighted by Gasteiger charge is 2.11. The van der Waals surface area contributed by atoms with Crippen molar-refractivity contribution >= 4 is 0 Å². The van der Waals surface area contributed by atoms with Crippen LogP contribution in [0.2, 0.25) is 0 Å². The Hall–Kier alpha value is -1.60. The van der Waals surface area contributed by atoms with Gasteiger partial charge in [0, 0.05) is 25.3 Å². The lowest BCUT2D eigenvalue weighted by molar-refractivity contribution is -0.0895. The Morgan fingerprint density at radius 3 is 2.81 bits per heavy atom.